The van der Waals surface area contributed by atoms with Gasteiger partial charge < -0.3 is 20.1 Å². The number of nitrogens with zero attached hydrogens (tertiary/aromatic N) is 2. The fourth-order valence-corrected chi connectivity index (χ4v) is 1.95. The number of aromatic amines is 1. The van der Waals surface area contributed by atoms with Gasteiger partial charge in [-0.1, -0.05) is 0 Å². The number of nitrogens with one attached hydrogen (secondary N) is 2. The van der Waals surface area contributed by atoms with Gasteiger partial charge in [0.2, 0.25) is 5.88 Å². The molecule has 0 saturated carbocycles. The summed E-state index contributed by atoms with van der Waals surface area (Å²) < 4.78 is 43.6. The third kappa shape index (κ3) is 5.71. The second kappa shape index (κ2) is 7.40. The van der Waals surface area contributed by atoms with Crippen molar-refractivity contribution in [3.8, 4) is 17.3 Å². The van der Waals surface area contributed by atoms with Gasteiger partial charge in [0, 0.05) is 18.3 Å². The highest BCUT2D eigenvalue weighted by molar-refractivity contribution is 5.61. The van der Waals surface area contributed by atoms with Crippen LogP contribution in [-0.4, -0.2) is 44.9 Å². The first kappa shape index (κ1) is 19.2. The van der Waals surface area contributed by atoms with E-state index in [1.54, 1.807) is 12.1 Å². The fourth-order valence-electron chi connectivity index (χ4n) is 1.95. The van der Waals surface area contributed by atoms with E-state index in [0.717, 1.165) is 0 Å². The number of alkyl halides is 3. The summed E-state index contributed by atoms with van der Waals surface area (Å²) in [6, 6.07) is 3.11. The number of ether oxygens (including phenoxy) is 1. The number of pyridine rings is 1. The molecule has 0 saturated heterocycles. The van der Waals surface area contributed by atoms with Crippen LogP contribution in [-0.2, 0) is 6.18 Å². The molecule has 0 aliphatic heterocycles. The average molecular weight is 358 g/mol. The largest absolute Gasteiger partial charge is 0.474 e. The number of H-pyrrole nitrogens is 1. The predicted molar refractivity (Wildman–Crippen MR) is 86.1 cm³/mol. The molecule has 0 radical (unpaired) electrons. The number of hydrogen-bond acceptors (Lipinski definition) is 5. The summed E-state index contributed by atoms with van der Waals surface area (Å²) in [5, 5.41) is 13.1. The number of rotatable bonds is 6. The van der Waals surface area contributed by atoms with Crippen molar-refractivity contribution in [2.75, 3.05) is 13.2 Å². The summed E-state index contributed by atoms with van der Waals surface area (Å²) in [4.78, 5) is 9.96. The van der Waals surface area contributed by atoms with Crippen LogP contribution in [0, 0.1) is 0 Å². The Morgan fingerprint density at radius 1 is 1.28 bits per heavy atom. The molecule has 0 bridgehead atoms. The third-order valence-electron chi connectivity index (χ3n) is 3.19. The van der Waals surface area contributed by atoms with Crippen LogP contribution >= 0.6 is 0 Å². The van der Waals surface area contributed by atoms with Gasteiger partial charge in [-0.2, -0.15) is 13.2 Å². The molecule has 0 amide bonds. The first-order valence-electron chi connectivity index (χ1n) is 7.70. The molecule has 2 rings (SSSR count). The lowest BCUT2D eigenvalue weighted by Crippen LogP contribution is -2.42. The smallest absolute Gasteiger partial charge is 0.432 e. The highest BCUT2D eigenvalue weighted by Gasteiger charge is 2.33. The number of β-amino-alcohol motifs (C(OH)–C–C–N with tert-alkyl or cyclic N) is 1. The van der Waals surface area contributed by atoms with Gasteiger partial charge in [-0.25, -0.2) is 9.97 Å². The summed E-state index contributed by atoms with van der Waals surface area (Å²) in [6.45, 7) is 6.15. The summed E-state index contributed by atoms with van der Waals surface area (Å²) in [7, 11) is 0. The van der Waals surface area contributed by atoms with Crippen LogP contribution < -0.4 is 10.1 Å². The molecular formula is C16H21F3N4O2. The van der Waals surface area contributed by atoms with E-state index in [4.69, 9.17) is 4.74 Å². The maximum atomic E-state index is 12.7. The van der Waals surface area contributed by atoms with Crippen LogP contribution in [0.25, 0.3) is 11.4 Å². The molecule has 25 heavy (non-hydrogen) atoms. The van der Waals surface area contributed by atoms with Crippen molar-refractivity contribution in [3.63, 3.8) is 0 Å². The molecule has 1 atom stereocenters. The van der Waals surface area contributed by atoms with Crippen molar-refractivity contribution in [1.82, 2.24) is 20.3 Å². The van der Waals surface area contributed by atoms with E-state index in [0.29, 0.717) is 12.7 Å². The Bertz CT molecular complexity index is 695. The number of aliphatic hydroxyl groups is 1. The second-order valence-electron chi connectivity index (χ2n) is 6.60. The van der Waals surface area contributed by atoms with Gasteiger partial charge >= 0.3 is 6.18 Å². The molecule has 2 aromatic heterocycles. The lowest BCUT2D eigenvalue weighted by Gasteiger charge is -2.23. The zero-order valence-electron chi connectivity index (χ0n) is 14.2. The molecule has 0 aliphatic carbocycles. The van der Waals surface area contributed by atoms with E-state index in [9.17, 15) is 18.3 Å². The number of aromatic nitrogens is 3. The minimum Gasteiger partial charge on any atom is -0.474 e. The fraction of sp³-hybridized carbons (Fsp3) is 0.500. The van der Waals surface area contributed by atoms with Crippen molar-refractivity contribution in [1.29, 1.82) is 0 Å². The zero-order valence-corrected chi connectivity index (χ0v) is 14.2. The third-order valence-corrected chi connectivity index (χ3v) is 3.19. The number of aliphatic hydroxyl groups excluding tert-OH is 1. The number of hydrogen-bond donors (Lipinski definition) is 3. The lowest BCUT2D eigenvalue weighted by molar-refractivity contribution is -0.140. The van der Waals surface area contributed by atoms with Gasteiger partial charge in [-0.3, -0.25) is 0 Å². The van der Waals surface area contributed by atoms with Gasteiger partial charge in [0.15, 0.2) is 0 Å². The van der Waals surface area contributed by atoms with E-state index in [1.807, 2.05) is 20.8 Å². The highest BCUT2D eigenvalue weighted by atomic mass is 19.4. The quantitative estimate of drug-likeness (QED) is 0.739. The zero-order chi connectivity index (χ0) is 18.7. The van der Waals surface area contributed by atoms with Crippen molar-refractivity contribution >= 4 is 0 Å². The Kier molecular flexibility index (Phi) is 5.69. The van der Waals surface area contributed by atoms with Gasteiger partial charge in [0.25, 0.3) is 0 Å². The Morgan fingerprint density at radius 3 is 2.60 bits per heavy atom. The molecule has 0 fully saturated rings. The van der Waals surface area contributed by atoms with Gasteiger partial charge in [0.05, 0.1) is 11.8 Å². The van der Waals surface area contributed by atoms with Gasteiger partial charge in [-0.05, 0) is 32.9 Å². The van der Waals surface area contributed by atoms with Crippen LogP contribution in [0.15, 0.2) is 24.5 Å². The summed E-state index contributed by atoms with van der Waals surface area (Å²) in [6.07, 6.45) is -3.14. The van der Waals surface area contributed by atoms with E-state index in [-0.39, 0.29) is 29.4 Å². The standard InChI is InChI=1S/C16H21F3N4O2/c1-15(2,3)22-7-10(24)9-25-14-11(5-4-6-20-14)13-21-8-12(23-13)16(17,18)19/h4-6,8,10,22,24H,7,9H2,1-3H3,(H,21,23)/t10-/m0/s1. The Balaban J connectivity index is 2.07. The molecule has 2 aromatic rings. The summed E-state index contributed by atoms with van der Waals surface area (Å²) >= 11 is 0. The van der Waals surface area contributed by atoms with Crippen molar-refractivity contribution in [2.24, 2.45) is 0 Å². The molecule has 6 nitrogen and oxygen atoms in total. The van der Waals surface area contributed by atoms with Crippen LogP contribution in [0.2, 0.25) is 0 Å². The minimum atomic E-state index is -4.51. The van der Waals surface area contributed by atoms with Crippen LogP contribution in [0.3, 0.4) is 0 Å². The molecule has 138 valence electrons. The lowest BCUT2D eigenvalue weighted by atomic mass is 10.1. The first-order valence-corrected chi connectivity index (χ1v) is 7.70. The highest BCUT2D eigenvalue weighted by Crippen LogP contribution is 2.31. The molecule has 2 heterocycles. The monoisotopic (exact) mass is 358 g/mol. The molecule has 0 aromatic carbocycles. The molecule has 0 spiro atoms. The van der Waals surface area contributed by atoms with E-state index < -0.39 is 18.0 Å². The van der Waals surface area contributed by atoms with E-state index >= 15 is 0 Å². The number of halogens is 3. The molecule has 9 heteroatoms. The Hall–Kier alpha value is -2.13. The van der Waals surface area contributed by atoms with E-state index in [2.05, 4.69) is 20.3 Å². The number of imidazole rings is 1. The first-order chi connectivity index (χ1) is 11.6. The predicted octanol–water partition coefficient (Wildman–Crippen LogP) is 2.62. The van der Waals surface area contributed by atoms with Crippen LogP contribution in [0.5, 0.6) is 5.88 Å². The minimum absolute atomic E-state index is 0.00210. The normalized spacial score (nSPS) is 13.7. The maximum Gasteiger partial charge on any atom is 0.432 e. The average Bonchev–Trinajstić information content (AvgIpc) is 3.00. The van der Waals surface area contributed by atoms with Crippen LogP contribution in [0.1, 0.15) is 26.5 Å². The summed E-state index contributed by atoms with van der Waals surface area (Å²) in [5.74, 6) is 0.0955. The van der Waals surface area contributed by atoms with Crippen molar-refractivity contribution < 1.29 is 23.0 Å². The molecule has 0 aliphatic rings. The van der Waals surface area contributed by atoms with Crippen LogP contribution in [0.4, 0.5) is 13.2 Å². The Labute approximate surface area is 143 Å². The van der Waals surface area contributed by atoms with Gasteiger partial charge in [-0.15, -0.1) is 0 Å². The maximum absolute atomic E-state index is 12.7. The van der Waals surface area contributed by atoms with Crippen molar-refractivity contribution in [2.45, 2.75) is 38.6 Å². The topological polar surface area (TPSA) is 83.1 Å². The SMILES string of the molecule is CC(C)(C)NC[C@H](O)COc1ncccc1-c1ncc(C(F)(F)F)[nH]1. The Morgan fingerprint density at radius 2 is 2.00 bits per heavy atom. The summed E-state index contributed by atoms with van der Waals surface area (Å²) in [5.41, 5.74) is -0.819. The second-order valence-corrected chi connectivity index (χ2v) is 6.60. The molecule has 3 N–H and O–H groups in total. The molecular weight excluding hydrogens is 337 g/mol. The molecule has 0 unspecified atom stereocenters. The van der Waals surface area contributed by atoms with Gasteiger partial charge in [0.1, 0.15) is 24.2 Å². The van der Waals surface area contributed by atoms with Crippen molar-refractivity contribution in [3.05, 3.63) is 30.2 Å². The van der Waals surface area contributed by atoms with E-state index in [1.165, 1.54) is 6.20 Å².